The maximum atomic E-state index is 11.0. The fourth-order valence-electron chi connectivity index (χ4n) is 1.11. The summed E-state index contributed by atoms with van der Waals surface area (Å²) in [5, 5.41) is 0. The van der Waals surface area contributed by atoms with Gasteiger partial charge in [-0.1, -0.05) is 0 Å². The van der Waals surface area contributed by atoms with E-state index < -0.39 is 0 Å². The maximum Gasteiger partial charge on any atom is 0.331 e. The summed E-state index contributed by atoms with van der Waals surface area (Å²) in [7, 11) is 1.68. The fourth-order valence-corrected chi connectivity index (χ4v) is 1.11. The number of aryl methyl sites for hydroxylation is 1. The molecule has 1 aromatic rings. The maximum absolute atomic E-state index is 11.0. The molecule has 78 valence electrons. The van der Waals surface area contributed by atoms with Crippen molar-refractivity contribution in [2.24, 2.45) is 5.84 Å². The van der Waals surface area contributed by atoms with E-state index in [2.05, 4.69) is 5.43 Å². The first-order valence-electron chi connectivity index (χ1n) is 4.40. The Morgan fingerprint density at radius 1 is 1.64 bits per heavy atom. The summed E-state index contributed by atoms with van der Waals surface area (Å²) in [4.78, 5) is 12.5. The van der Waals surface area contributed by atoms with Gasteiger partial charge in [0, 0.05) is 20.0 Å². The van der Waals surface area contributed by atoms with Crippen LogP contribution in [0.2, 0.25) is 0 Å². The van der Waals surface area contributed by atoms with Gasteiger partial charge in [-0.2, -0.15) is 0 Å². The molecule has 1 rings (SSSR count). The molecule has 5 nitrogen and oxygen atoms in total. The molecule has 0 unspecified atom stereocenters. The average molecular weight is 197 g/mol. The Morgan fingerprint density at radius 3 is 2.86 bits per heavy atom. The first-order chi connectivity index (χ1) is 6.63. The number of nitrogens with zero attached hydrogens (tertiary/aromatic N) is 1. The number of hydrazine groups is 1. The van der Waals surface area contributed by atoms with Crippen molar-refractivity contribution in [3.8, 4) is 0 Å². The minimum Gasteiger partial charge on any atom is -0.466 e. The second-order valence-electron chi connectivity index (χ2n) is 3.13. The number of nitrogens with one attached hydrogen (secondary N) is 1. The Morgan fingerprint density at radius 2 is 2.36 bits per heavy atom. The second-order valence-corrected chi connectivity index (χ2v) is 3.13. The summed E-state index contributed by atoms with van der Waals surface area (Å²) < 4.78 is 5.36. The third-order valence-corrected chi connectivity index (χ3v) is 1.96. The Kier molecular flexibility index (Phi) is 3.53. The van der Waals surface area contributed by atoms with E-state index in [1.807, 2.05) is 19.1 Å². The number of likely N-dealkylation sites (N-methyl/N-ethyl adjacent to an activating group) is 1. The molecule has 3 N–H and O–H groups in total. The number of amides is 2. The Hall–Kier alpha value is -1.49. The second kappa shape index (κ2) is 4.66. The Labute approximate surface area is 82.8 Å². The predicted molar refractivity (Wildman–Crippen MR) is 52.5 cm³/mol. The van der Waals surface area contributed by atoms with Crippen molar-refractivity contribution in [1.29, 1.82) is 0 Å². The largest absolute Gasteiger partial charge is 0.466 e. The number of hydrogen-bond acceptors (Lipinski definition) is 3. The lowest BCUT2D eigenvalue weighted by molar-refractivity contribution is 0.209. The molecule has 2 amide bonds. The van der Waals surface area contributed by atoms with Crippen LogP contribution in [0.15, 0.2) is 16.5 Å². The molecule has 0 fully saturated rings. The molecule has 1 heterocycles. The minimum atomic E-state index is -0.298. The molecule has 0 spiro atoms. The molecular weight excluding hydrogens is 182 g/mol. The highest BCUT2D eigenvalue weighted by Gasteiger charge is 2.07. The van der Waals surface area contributed by atoms with Crippen LogP contribution in [-0.4, -0.2) is 24.5 Å². The normalized spacial score (nSPS) is 9.93. The van der Waals surface area contributed by atoms with Crippen molar-refractivity contribution in [1.82, 2.24) is 10.3 Å². The van der Waals surface area contributed by atoms with E-state index in [1.54, 1.807) is 7.05 Å². The van der Waals surface area contributed by atoms with Gasteiger partial charge in [-0.05, 0) is 19.1 Å². The van der Waals surface area contributed by atoms with E-state index in [9.17, 15) is 4.79 Å². The molecule has 0 aromatic carbocycles. The molecule has 0 aliphatic heterocycles. The van der Waals surface area contributed by atoms with Crippen molar-refractivity contribution in [2.45, 2.75) is 13.3 Å². The van der Waals surface area contributed by atoms with E-state index in [0.29, 0.717) is 13.0 Å². The number of furan rings is 1. The van der Waals surface area contributed by atoms with Gasteiger partial charge in [0.25, 0.3) is 0 Å². The van der Waals surface area contributed by atoms with Gasteiger partial charge in [0.15, 0.2) is 0 Å². The molecule has 0 saturated heterocycles. The summed E-state index contributed by atoms with van der Waals surface area (Å²) in [6.45, 7) is 2.47. The van der Waals surface area contributed by atoms with Crippen LogP contribution >= 0.6 is 0 Å². The zero-order valence-corrected chi connectivity index (χ0v) is 8.41. The standard InChI is InChI=1S/C9H15N3O2/c1-7-3-4-8(14-7)5-6-12(2)9(13)11-10/h3-4H,5-6,10H2,1-2H3,(H,11,13). The first-order valence-corrected chi connectivity index (χ1v) is 4.40. The van der Waals surface area contributed by atoms with Crippen LogP contribution in [-0.2, 0) is 6.42 Å². The average Bonchev–Trinajstić information content (AvgIpc) is 2.59. The van der Waals surface area contributed by atoms with Crippen molar-refractivity contribution < 1.29 is 9.21 Å². The highest BCUT2D eigenvalue weighted by atomic mass is 16.3. The molecule has 0 aliphatic rings. The number of hydrogen-bond donors (Lipinski definition) is 2. The molecule has 0 aliphatic carbocycles. The van der Waals surface area contributed by atoms with Crippen LogP contribution in [0.3, 0.4) is 0 Å². The summed E-state index contributed by atoms with van der Waals surface area (Å²) >= 11 is 0. The Balaban J connectivity index is 2.37. The van der Waals surface area contributed by atoms with Gasteiger partial charge >= 0.3 is 6.03 Å². The molecule has 14 heavy (non-hydrogen) atoms. The third-order valence-electron chi connectivity index (χ3n) is 1.96. The molecule has 0 saturated carbocycles. The Bertz CT molecular complexity index is 309. The number of nitrogens with two attached hydrogens (primary N) is 1. The van der Waals surface area contributed by atoms with E-state index >= 15 is 0 Å². The SMILES string of the molecule is Cc1ccc(CCN(C)C(=O)NN)o1. The zero-order chi connectivity index (χ0) is 10.6. The van der Waals surface area contributed by atoms with Gasteiger partial charge in [0.2, 0.25) is 0 Å². The van der Waals surface area contributed by atoms with Gasteiger partial charge < -0.3 is 9.32 Å². The highest BCUT2D eigenvalue weighted by Crippen LogP contribution is 2.07. The summed E-state index contributed by atoms with van der Waals surface area (Å²) in [5.74, 6) is 6.74. The topological polar surface area (TPSA) is 71.5 Å². The van der Waals surface area contributed by atoms with Crippen molar-refractivity contribution in [2.75, 3.05) is 13.6 Å². The van der Waals surface area contributed by atoms with Gasteiger partial charge in [-0.15, -0.1) is 0 Å². The molecule has 5 heteroatoms. The van der Waals surface area contributed by atoms with E-state index in [-0.39, 0.29) is 6.03 Å². The summed E-state index contributed by atoms with van der Waals surface area (Å²) in [5.41, 5.74) is 2.06. The van der Waals surface area contributed by atoms with Gasteiger partial charge in [0.05, 0.1) is 0 Å². The van der Waals surface area contributed by atoms with Crippen LogP contribution < -0.4 is 11.3 Å². The number of carbonyl (C=O) groups is 1. The number of carbonyl (C=O) groups excluding carboxylic acids is 1. The van der Waals surface area contributed by atoms with Crippen LogP contribution in [0.1, 0.15) is 11.5 Å². The first kappa shape index (κ1) is 10.6. The van der Waals surface area contributed by atoms with Crippen molar-refractivity contribution >= 4 is 6.03 Å². The summed E-state index contributed by atoms with van der Waals surface area (Å²) in [6, 6.07) is 3.51. The monoisotopic (exact) mass is 197 g/mol. The quantitative estimate of drug-likeness (QED) is 0.424. The van der Waals surface area contributed by atoms with Crippen LogP contribution in [0, 0.1) is 6.92 Å². The molecule has 0 bridgehead atoms. The molecule has 0 radical (unpaired) electrons. The molecule has 0 atom stereocenters. The zero-order valence-electron chi connectivity index (χ0n) is 8.41. The van der Waals surface area contributed by atoms with Crippen LogP contribution in [0.4, 0.5) is 4.79 Å². The highest BCUT2D eigenvalue weighted by molar-refractivity contribution is 5.72. The fraction of sp³-hybridized carbons (Fsp3) is 0.444. The minimum absolute atomic E-state index is 0.298. The van der Waals surface area contributed by atoms with Crippen molar-refractivity contribution in [3.05, 3.63) is 23.7 Å². The predicted octanol–water partition coefficient (Wildman–Crippen LogP) is 0.646. The van der Waals surface area contributed by atoms with Crippen LogP contribution in [0.5, 0.6) is 0 Å². The van der Waals surface area contributed by atoms with Crippen molar-refractivity contribution in [3.63, 3.8) is 0 Å². The summed E-state index contributed by atoms with van der Waals surface area (Å²) in [6.07, 6.45) is 0.692. The van der Waals surface area contributed by atoms with Gasteiger partial charge in [-0.3, -0.25) is 5.43 Å². The lowest BCUT2D eigenvalue weighted by Gasteiger charge is -2.14. The van der Waals surface area contributed by atoms with Crippen LogP contribution in [0.25, 0.3) is 0 Å². The third kappa shape index (κ3) is 2.77. The number of urea groups is 1. The lowest BCUT2D eigenvalue weighted by Crippen LogP contribution is -2.41. The van der Waals surface area contributed by atoms with E-state index in [0.717, 1.165) is 11.5 Å². The van der Waals surface area contributed by atoms with E-state index in [1.165, 1.54) is 4.90 Å². The molecule has 1 aromatic heterocycles. The van der Waals surface area contributed by atoms with Gasteiger partial charge in [-0.25, -0.2) is 10.6 Å². The lowest BCUT2D eigenvalue weighted by atomic mass is 10.3. The molecular formula is C9H15N3O2. The smallest absolute Gasteiger partial charge is 0.331 e. The van der Waals surface area contributed by atoms with Gasteiger partial charge in [0.1, 0.15) is 11.5 Å². The number of rotatable bonds is 3. The van der Waals surface area contributed by atoms with E-state index in [4.69, 9.17) is 10.3 Å².